The summed E-state index contributed by atoms with van der Waals surface area (Å²) in [6.07, 6.45) is 0. The summed E-state index contributed by atoms with van der Waals surface area (Å²) in [6.45, 7) is 2.17. The minimum absolute atomic E-state index is 0.833. The highest BCUT2D eigenvalue weighted by molar-refractivity contribution is 6.04. The summed E-state index contributed by atoms with van der Waals surface area (Å²) >= 11 is 3.64. The van der Waals surface area contributed by atoms with E-state index in [0.29, 0.717) is 0 Å². The van der Waals surface area contributed by atoms with Crippen LogP contribution >= 0.6 is 11.9 Å². The first-order valence-corrected chi connectivity index (χ1v) is 2.36. The van der Waals surface area contributed by atoms with Crippen LogP contribution in [0.3, 0.4) is 0 Å². The van der Waals surface area contributed by atoms with Gasteiger partial charge in [-0.25, -0.2) is 0 Å². The van der Waals surface area contributed by atoms with Gasteiger partial charge in [-0.1, -0.05) is 0 Å². The van der Waals surface area contributed by atoms with Crippen molar-refractivity contribution >= 4 is 23.8 Å². The third kappa shape index (κ3) is 420. The molecule has 6 heteroatoms. The van der Waals surface area contributed by atoms with Crippen LogP contribution in [0.25, 0.3) is 0 Å². The van der Waals surface area contributed by atoms with Crippen molar-refractivity contribution in [2.45, 2.75) is 13.8 Å². The molecule has 0 aliphatic heterocycles. The van der Waals surface area contributed by atoms with Crippen molar-refractivity contribution in [1.29, 1.82) is 0 Å². The average Bonchev–Trinajstić information content (AvgIpc) is 1.66. The maximum Gasteiger partial charge on any atom is 0.300 e. The van der Waals surface area contributed by atoms with Crippen LogP contribution in [-0.2, 0) is 9.59 Å². The quantitative estimate of drug-likeness (QED) is 0.489. The fourth-order valence-corrected chi connectivity index (χ4v) is 0. The molecule has 0 bridgehead atoms. The monoisotopic (exact) mass is 172 g/mol. The van der Waals surface area contributed by atoms with E-state index in [1.165, 1.54) is 0 Å². The molecule has 0 saturated carbocycles. The molecule has 0 unspecified atom stereocenters. The maximum atomic E-state index is 9.00. The molecule has 0 fully saturated rings. The van der Waals surface area contributed by atoms with Crippen molar-refractivity contribution in [3.05, 3.63) is 0 Å². The van der Waals surface area contributed by atoms with Crippen LogP contribution in [0.5, 0.6) is 0 Å². The van der Waals surface area contributed by atoms with Crippen molar-refractivity contribution in [2.75, 3.05) is 0 Å². The van der Waals surface area contributed by atoms with E-state index in [1.54, 1.807) is 0 Å². The summed E-state index contributed by atoms with van der Waals surface area (Å²) in [7, 11) is 0. The molecule has 0 aliphatic carbocycles. The molecule has 0 heterocycles. The van der Waals surface area contributed by atoms with Gasteiger partial charge in [0.25, 0.3) is 11.9 Å². The molecule has 0 radical (unpaired) electrons. The Labute approximate surface area is 63.0 Å². The molecule has 0 aromatic rings. The SMILES string of the molecule is CC(=O)O.CC(=O)O.OCl. The highest BCUT2D eigenvalue weighted by atomic mass is 35.5. The number of rotatable bonds is 0. The van der Waals surface area contributed by atoms with E-state index in [-0.39, 0.29) is 0 Å². The zero-order valence-corrected chi connectivity index (χ0v) is 6.29. The highest BCUT2D eigenvalue weighted by Gasteiger charge is 1.65. The van der Waals surface area contributed by atoms with Crippen LogP contribution in [0.4, 0.5) is 0 Å². The lowest BCUT2D eigenvalue weighted by Gasteiger charge is -1.59. The van der Waals surface area contributed by atoms with Crippen LogP contribution in [0.1, 0.15) is 13.8 Å². The van der Waals surface area contributed by atoms with Gasteiger partial charge in [0.1, 0.15) is 0 Å². The van der Waals surface area contributed by atoms with E-state index < -0.39 is 11.9 Å². The number of hydrogen-bond acceptors (Lipinski definition) is 3. The van der Waals surface area contributed by atoms with Crippen molar-refractivity contribution in [3.8, 4) is 0 Å². The zero-order chi connectivity index (χ0) is 9.15. The van der Waals surface area contributed by atoms with Crippen molar-refractivity contribution < 1.29 is 24.5 Å². The number of aliphatic carboxylic acids is 2. The lowest BCUT2D eigenvalue weighted by atomic mass is 10.9. The van der Waals surface area contributed by atoms with Gasteiger partial charge < -0.3 is 10.2 Å². The molecule has 0 aromatic heterocycles. The first-order valence-electron chi connectivity index (χ1n) is 2.02. The third-order valence-corrected chi connectivity index (χ3v) is 0. The van der Waals surface area contributed by atoms with E-state index in [0.717, 1.165) is 13.8 Å². The molecule has 0 aliphatic rings. The van der Waals surface area contributed by atoms with Gasteiger partial charge in [-0.2, -0.15) is 0 Å². The molecule has 0 aromatic carbocycles. The van der Waals surface area contributed by atoms with Crippen LogP contribution in [0.2, 0.25) is 0 Å². The summed E-state index contributed by atoms with van der Waals surface area (Å²) in [4.78, 5) is 18.0. The Morgan fingerprint density at radius 3 is 1.00 bits per heavy atom. The molecule has 3 N–H and O–H groups in total. The molecular weight excluding hydrogens is 163 g/mol. The minimum Gasteiger partial charge on any atom is -0.481 e. The second-order valence-corrected chi connectivity index (χ2v) is 1.04. The van der Waals surface area contributed by atoms with Crippen molar-refractivity contribution in [3.63, 3.8) is 0 Å². The van der Waals surface area contributed by atoms with Crippen LogP contribution in [0.15, 0.2) is 0 Å². The predicted octanol–water partition coefficient (Wildman–Crippen LogP) is 0.314. The minimum atomic E-state index is -0.833. The van der Waals surface area contributed by atoms with E-state index in [4.69, 9.17) is 24.5 Å². The Kier molecular flexibility index (Phi) is 25.3. The Morgan fingerprint density at radius 1 is 1.00 bits per heavy atom. The molecule has 10 heavy (non-hydrogen) atoms. The molecule has 0 rings (SSSR count). The second kappa shape index (κ2) is 15.7. The standard InChI is InChI=1S/2C2H4O2.ClHO/c2*1-2(3)4;1-2/h2*1H3,(H,3,4);2H. The van der Waals surface area contributed by atoms with Gasteiger partial charge in [0.2, 0.25) is 0 Å². The predicted molar refractivity (Wildman–Crippen MR) is 34.7 cm³/mol. The molecule has 0 saturated heterocycles. The van der Waals surface area contributed by atoms with E-state index >= 15 is 0 Å². The summed E-state index contributed by atoms with van der Waals surface area (Å²) < 4.78 is 6.47. The molecule has 0 atom stereocenters. The Bertz CT molecular complexity index is 71.6. The van der Waals surface area contributed by atoms with Crippen molar-refractivity contribution in [1.82, 2.24) is 0 Å². The normalized spacial score (nSPS) is 5.60. The van der Waals surface area contributed by atoms with E-state index in [9.17, 15) is 0 Å². The van der Waals surface area contributed by atoms with Gasteiger partial charge in [-0.15, -0.1) is 0 Å². The topological polar surface area (TPSA) is 94.8 Å². The third-order valence-electron chi connectivity index (χ3n) is 0. The largest absolute Gasteiger partial charge is 0.481 e. The van der Waals surface area contributed by atoms with Gasteiger partial charge in [0, 0.05) is 13.8 Å². The molecule has 5 nitrogen and oxygen atoms in total. The van der Waals surface area contributed by atoms with Crippen molar-refractivity contribution in [2.24, 2.45) is 0 Å². The highest BCUT2D eigenvalue weighted by Crippen LogP contribution is 1.42. The molecule has 0 spiro atoms. The number of hydrogen-bond donors (Lipinski definition) is 3. The van der Waals surface area contributed by atoms with Crippen LogP contribution in [0, 0.1) is 0 Å². The fraction of sp³-hybridized carbons (Fsp3) is 0.500. The number of carbonyl (C=O) groups is 2. The Morgan fingerprint density at radius 2 is 1.00 bits per heavy atom. The van der Waals surface area contributed by atoms with Crippen LogP contribution in [-0.4, -0.2) is 26.8 Å². The number of carboxylic acids is 2. The number of carboxylic acid groups (broad SMARTS) is 2. The molecular formula is C4H9ClO5. The lowest BCUT2D eigenvalue weighted by Crippen LogP contribution is -1.78. The Balaban J connectivity index is -0.0000000787. The molecule has 62 valence electrons. The first-order chi connectivity index (χ1) is 4.46. The van der Waals surface area contributed by atoms with E-state index in [2.05, 4.69) is 11.9 Å². The van der Waals surface area contributed by atoms with Gasteiger partial charge in [0.05, 0.1) is 11.9 Å². The smallest absolute Gasteiger partial charge is 0.300 e. The first kappa shape index (κ1) is 16.1. The summed E-state index contributed by atoms with van der Waals surface area (Å²) in [5, 5.41) is 14.8. The fourth-order valence-electron chi connectivity index (χ4n) is 0. The van der Waals surface area contributed by atoms with Gasteiger partial charge in [-0.05, 0) is 0 Å². The maximum absolute atomic E-state index is 9.00. The average molecular weight is 173 g/mol. The zero-order valence-electron chi connectivity index (χ0n) is 5.54. The van der Waals surface area contributed by atoms with Gasteiger partial charge in [0.15, 0.2) is 0 Å². The van der Waals surface area contributed by atoms with Gasteiger partial charge in [-0.3, -0.25) is 14.2 Å². The summed E-state index contributed by atoms with van der Waals surface area (Å²) in [5.74, 6) is -1.67. The second-order valence-electron chi connectivity index (χ2n) is 1.04. The van der Waals surface area contributed by atoms with Crippen LogP contribution < -0.4 is 0 Å². The van der Waals surface area contributed by atoms with Gasteiger partial charge >= 0.3 is 0 Å². The van der Waals surface area contributed by atoms with E-state index in [1.807, 2.05) is 0 Å². The number of halogens is 1. The summed E-state index contributed by atoms with van der Waals surface area (Å²) in [6, 6.07) is 0. The molecule has 0 amide bonds. The lowest BCUT2D eigenvalue weighted by molar-refractivity contribution is -0.135. The summed E-state index contributed by atoms with van der Waals surface area (Å²) in [5.41, 5.74) is 0. The Hall–Kier alpha value is -0.810.